The van der Waals surface area contributed by atoms with E-state index in [-0.39, 0.29) is 23.0 Å². The van der Waals surface area contributed by atoms with Crippen LogP contribution in [0.4, 0.5) is 0 Å². The average Bonchev–Trinajstić information content (AvgIpc) is 2.71. The van der Waals surface area contributed by atoms with Crippen molar-refractivity contribution in [2.75, 3.05) is 13.2 Å². The Labute approximate surface area is 164 Å². The van der Waals surface area contributed by atoms with Crippen LogP contribution in [0, 0.1) is 0 Å². The number of carbonyl (C=O) groups excluding carboxylic acids is 2. The molecule has 0 saturated heterocycles. The van der Waals surface area contributed by atoms with Gasteiger partial charge in [0.1, 0.15) is 0 Å². The van der Waals surface area contributed by atoms with Crippen molar-refractivity contribution in [2.45, 2.75) is 17.9 Å². The molecule has 8 heteroatoms. The molecule has 148 valence electrons. The molecule has 2 aromatic rings. The second-order valence-electron chi connectivity index (χ2n) is 5.94. The minimum atomic E-state index is -3.67. The molecule has 0 radical (unpaired) electrons. The lowest BCUT2D eigenvalue weighted by Crippen LogP contribution is -2.31. The van der Waals surface area contributed by atoms with E-state index in [1.807, 2.05) is 37.3 Å². The van der Waals surface area contributed by atoms with E-state index in [2.05, 4.69) is 16.6 Å². The highest BCUT2D eigenvalue weighted by molar-refractivity contribution is 7.89. The molecule has 0 aliphatic carbocycles. The largest absolute Gasteiger partial charge is 0.452 e. The first kappa shape index (κ1) is 21.3. The molecular formula is C20H22N2O5S. The lowest BCUT2D eigenvalue weighted by atomic mass is 10.1. The summed E-state index contributed by atoms with van der Waals surface area (Å²) in [6.45, 7) is 4.94. The third-order valence-electron chi connectivity index (χ3n) is 3.83. The third kappa shape index (κ3) is 6.04. The van der Waals surface area contributed by atoms with Crippen molar-refractivity contribution in [3.8, 4) is 0 Å². The van der Waals surface area contributed by atoms with E-state index in [4.69, 9.17) is 4.74 Å². The van der Waals surface area contributed by atoms with Crippen LogP contribution in [-0.4, -0.2) is 33.4 Å². The Kier molecular flexibility index (Phi) is 7.48. The molecular weight excluding hydrogens is 380 g/mol. The van der Waals surface area contributed by atoms with E-state index in [0.29, 0.717) is 0 Å². The number of hydrogen-bond donors (Lipinski definition) is 2. The molecule has 0 fully saturated rings. The zero-order chi connectivity index (χ0) is 20.6. The van der Waals surface area contributed by atoms with Crippen molar-refractivity contribution in [1.29, 1.82) is 0 Å². The van der Waals surface area contributed by atoms with Gasteiger partial charge >= 0.3 is 5.97 Å². The number of ether oxygens (including phenoxy) is 1. The summed E-state index contributed by atoms with van der Waals surface area (Å²) in [6.07, 6.45) is 1.42. The van der Waals surface area contributed by atoms with E-state index in [9.17, 15) is 18.0 Å². The molecule has 2 N–H and O–H groups in total. The predicted octanol–water partition coefficient (Wildman–Crippen LogP) is 2.19. The summed E-state index contributed by atoms with van der Waals surface area (Å²) in [7, 11) is -3.67. The number of esters is 1. The van der Waals surface area contributed by atoms with E-state index in [0.717, 1.165) is 5.56 Å². The Morgan fingerprint density at radius 2 is 1.75 bits per heavy atom. The first-order valence-corrected chi connectivity index (χ1v) is 10.0. The summed E-state index contributed by atoms with van der Waals surface area (Å²) in [5, 5.41) is 2.74. The minimum Gasteiger partial charge on any atom is -0.452 e. The molecule has 0 aliphatic heterocycles. The van der Waals surface area contributed by atoms with Gasteiger partial charge in [-0.15, -0.1) is 6.58 Å². The van der Waals surface area contributed by atoms with Crippen molar-refractivity contribution in [3.63, 3.8) is 0 Å². The average molecular weight is 402 g/mol. The van der Waals surface area contributed by atoms with E-state index in [1.54, 1.807) is 0 Å². The summed E-state index contributed by atoms with van der Waals surface area (Å²) in [6, 6.07) is 14.4. The quantitative estimate of drug-likeness (QED) is 0.495. The number of rotatable bonds is 9. The molecule has 0 aliphatic rings. The van der Waals surface area contributed by atoms with Crippen LogP contribution in [0.15, 0.2) is 72.1 Å². The monoisotopic (exact) mass is 402 g/mol. The highest BCUT2D eigenvalue weighted by Crippen LogP contribution is 2.12. The van der Waals surface area contributed by atoms with Gasteiger partial charge in [0.25, 0.3) is 5.91 Å². The highest BCUT2D eigenvalue weighted by atomic mass is 32.2. The standard InChI is InChI=1S/C20H22N2O5S/c1-3-13-21-28(25,26)18-11-9-17(10-12-18)20(24)27-14-19(23)22-15(2)16-7-5-4-6-8-16/h3-12,15,21H,1,13-14H2,2H3,(H,22,23)/t15-/m1/s1. The number of carbonyl (C=O) groups is 2. The molecule has 1 amide bonds. The van der Waals surface area contributed by atoms with Gasteiger partial charge in [-0.3, -0.25) is 4.79 Å². The zero-order valence-electron chi connectivity index (χ0n) is 15.4. The fraction of sp³-hybridized carbons (Fsp3) is 0.200. The summed E-state index contributed by atoms with van der Waals surface area (Å²) in [4.78, 5) is 24.0. The van der Waals surface area contributed by atoms with Crippen molar-refractivity contribution >= 4 is 21.9 Å². The van der Waals surface area contributed by atoms with Crippen molar-refractivity contribution in [1.82, 2.24) is 10.0 Å². The maximum absolute atomic E-state index is 12.1. The number of amides is 1. The fourth-order valence-corrected chi connectivity index (χ4v) is 3.34. The third-order valence-corrected chi connectivity index (χ3v) is 5.27. The smallest absolute Gasteiger partial charge is 0.338 e. The van der Waals surface area contributed by atoms with Crippen LogP contribution >= 0.6 is 0 Å². The van der Waals surface area contributed by atoms with E-state index < -0.39 is 28.5 Å². The Balaban J connectivity index is 1.89. The van der Waals surface area contributed by atoms with Crippen LogP contribution in [0.5, 0.6) is 0 Å². The lowest BCUT2D eigenvalue weighted by molar-refractivity contribution is -0.124. The minimum absolute atomic E-state index is 0.0142. The molecule has 0 unspecified atom stereocenters. The van der Waals surface area contributed by atoms with Crippen molar-refractivity contribution < 1.29 is 22.7 Å². The number of hydrogen-bond acceptors (Lipinski definition) is 5. The summed E-state index contributed by atoms with van der Waals surface area (Å²) >= 11 is 0. The maximum atomic E-state index is 12.1. The summed E-state index contributed by atoms with van der Waals surface area (Å²) in [5.74, 6) is -1.15. The van der Waals surface area contributed by atoms with E-state index in [1.165, 1.54) is 30.3 Å². The van der Waals surface area contributed by atoms with Gasteiger partial charge in [0.05, 0.1) is 16.5 Å². The molecule has 0 bridgehead atoms. The summed E-state index contributed by atoms with van der Waals surface area (Å²) < 4.78 is 31.3. The lowest BCUT2D eigenvalue weighted by Gasteiger charge is -2.14. The highest BCUT2D eigenvalue weighted by Gasteiger charge is 2.16. The Morgan fingerprint density at radius 1 is 1.11 bits per heavy atom. The Morgan fingerprint density at radius 3 is 2.36 bits per heavy atom. The number of nitrogens with one attached hydrogen (secondary N) is 2. The van der Waals surface area contributed by atoms with Gasteiger partial charge in [0.15, 0.2) is 6.61 Å². The fourth-order valence-electron chi connectivity index (χ4n) is 2.34. The Bertz CT molecular complexity index is 925. The maximum Gasteiger partial charge on any atom is 0.338 e. The van der Waals surface area contributed by atoms with Crippen LogP contribution < -0.4 is 10.0 Å². The molecule has 2 aromatic carbocycles. The molecule has 2 rings (SSSR count). The molecule has 0 spiro atoms. The molecule has 28 heavy (non-hydrogen) atoms. The van der Waals surface area contributed by atoms with Gasteiger partial charge in [-0.25, -0.2) is 17.9 Å². The van der Waals surface area contributed by atoms with Crippen LogP contribution in [0.1, 0.15) is 28.9 Å². The molecule has 0 saturated carbocycles. The topological polar surface area (TPSA) is 102 Å². The zero-order valence-corrected chi connectivity index (χ0v) is 16.2. The molecule has 0 heterocycles. The van der Waals surface area contributed by atoms with Crippen molar-refractivity contribution in [3.05, 3.63) is 78.4 Å². The molecule has 1 atom stereocenters. The predicted molar refractivity (Wildman–Crippen MR) is 105 cm³/mol. The second kappa shape index (κ2) is 9.82. The number of sulfonamides is 1. The van der Waals surface area contributed by atoms with Gasteiger partial charge in [-0.05, 0) is 36.8 Å². The van der Waals surface area contributed by atoms with Crippen LogP contribution in [0.2, 0.25) is 0 Å². The number of benzene rings is 2. The first-order chi connectivity index (χ1) is 13.3. The first-order valence-electron chi connectivity index (χ1n) is 8.55. The van der Waals surface area contributed by atoms with Gasteiger partial charge in [0, 0.05) is 6.54 Å². The SMILES string of the molecule is C=CCNS(=O)(=O)c1ccc(C(=O)OCC(=O)N[C@H](C)c2ccccc2)cc1. The van der Waals surface area contributed by atoms with Crippen molar-refractivity contribution in [2.24, 2.45) is 0 Å². The summed E-state index contributed by atoms with van der Waals surface area (Å²) in [5.41, 5.74) is 1.08. The molecule has 0 aromatic heterocycles. The normalized spacial score (nSPS) is 12.0. The van der Waals surface area contributed by atoms with Crippen LogP contribution in [0.25, 0.3) is 0 Å². The van der Waals surface area contributed by atoms with E-state index >= 15 is 0 Å². The van der Waals surface area contributed by atoms with Gasteiger partial charge in [-0.1, -0.05) is 36.4 Å². The Hall–Kier alpha value is -2.97. The van der Waals surface area contributed by atoms with Crippen LogP contribution in [-0.2, 0) is 19.6 Å². The van der Waals surface area contributed by atoms with Crippen LogP contribution in [0.3, 0.4) is 0 Å². The van der Waals surface area contributed by atoms with Gasteiger partial charge in [0.2, 0.25) is 10.0 Å². The molecule has 7 nitrogen and oxygen atoms in total. The van der Waals surface area contributed by atoms with Gasteiger partial charge < -0.3 is 10.1 Å². The second-order valence-corrected chi connectivity index (χ2v) is 7.71. The van der Waals surface area contributed by atoms with Gasteiger partial charge in [-0.2, -0.15) is 0 Å².